The Labute approximate surface area is 190 Å². The summed E-state index contributed by atoms with van der Waals surface area (Å²) in [7, 11) is 0. The molecule has 0 saturated carbocycles. The lowest BCUT2D eigenvalue weighted by atomic mass is 10.1. The van der Waals surface area contributed by atoms with E-state index < -0.39 is 0 Å². The molecule has 0 aromatic carbocycles. The Kier molecular flexibility index (Phi) is 5.02. The Hall–Kier alpha value is -2.65. The first-order valence-corrected chi connectivity index (χ1v) is 12.3. The molecule has 6 rings (SSSR count). The first-order valence-electron chi connectivity index (χ1n) is 11.4. The number of piperazine rings is 1. The van der Waals surface area contributed by atoms with Crippen LogP contribution >= 0.6 is 11.8 Å². The molecule has 1 atom stereocenters. The Morgan fingerprint density at radius 2 is 2.03 bits per heavy atom. The van der Waals surface area contributed by atoms with Gasteiger partial charge in [-0.15, -0.1) is 0 Å². The highest BCUT2D eigenvalue weighted by molar-refractivity contribution is 7.99. The zero-order chi connectivity index (χ0) is 21.7. The minimum atomic E-state index is -0.0793. The minimum absolute atomic E-state index is 0.0793. The van der Waals surface area contributed by atoms with E-state index in [1.54, 1.807) is 16.3 Å². The van der Waals surface area contributed by atoms with Crippen LogP contribution in [0.4, 0.5) is 0 Å². The number of rotatable bonds is 4. The van der Waals surface area contributed by atoms with Crippen LogP contribution in [0.25, 0.3) is 5.52 Å². The molecule has 32 heavy (non-hydrogen) atoms. The van der Waals surface area contributed by atoms with Gasteiger partial charge in [-0.05, 0) is 37.5 Å². The Bertz CT molecular complexity index is 1210. The highest BCUT2D eigenvalue weighted by atomic mass is 32.2. The molecule has 0 radical (unpaired) electrons. The Morgan fingerprint density at radius 3 is 2.88 bits per heavy atom. The number of thioether (sulfide) groups is 1. The zero-order valence-corrected chi connectivity index (χ0v) is 18.8. The molecule has 5 heterocycles. The van der Waals surface area contributed by atoms with Crippen molar-refractivity contribution in [3.8, 4) is 0 Å². The van der Waals surface area contributed by atoms with Crippen LogP contribution < -0.4 is 5.56 Å². The summed E-state index contributed by atoms with van der Waals surface area (Å²) in [6.45, 7) is 3.91. The molecular weight excluding hydrogens is 424 g/mol. The number of carbonyl (C=O) groups excluding carboxylic acids is 1. The third kappa shape index (κ3) is 3.53. The van der Waals surface area contributed by atoms with Gasteiger partial charge in [-0.25, -0.2) is 9.50 Å². The van der Waals surface area contributed by atoms with Gasteiger partial charge >= 0.3 is 0 Å². The number of aromatic nitrogens is 4. The minimum Gasteiger partial charge on any atom is -0.340 e. The van der Waals surface area contributed by atoms with Crippen LogP contribution in [0.2, 0.25) is 0 Å². The van der Waals surface area contributed by atoms with Crippen molar-refractivity contribution in [1.82, 2.24) is 29.0 Å². The van der Waals surface area contributed by atoms with Crippen LogP contribution in [0.3, 0.4) is 0 Å². The second-order valence-electron chi connectivity index (χ2n) is 8.88. The second-order valence-corrected chi connectivity index (χ2v) is 9.87. The zero-order valence-electron chi connectivity index (χ0n) is 17.9. The van der Waals surface area contributed by atoms with Gasteiger partial charge in [0.15, 0.2) is 5.16 Å². The lowest BCUT2D eigenvalue weighted by Gasteiger charge is -2.34. The quantitative estimate of drug-likeness (QED) is 0.564. The number of pyridine rings is 1. The molecule has 2 aliphatic heterocycles. The molecule has 1 amide bonds. The molecule has 1 aliphatic carbocycles. The molecule has 0 N–H and O–H groups in total. The van der Waals surface area contributed by atoms with Gasteiger partial charge in [-0.3, -0.25) is 19.1 Å². The van der Waals surface area contributed by atoms with Crippen molar-refractivity contribution in [1.29, 1.82) is 0 Å². The lowest BCUT2D eigenvalue weighted by molar-refractivity contribution is -0.133. The fourth-order valence-electron chi connectivity index (χ4n) is 5.09. The van der Waals surface area contributed by atoms with Crippen molar-refractivity contribution in [3.63, 3.8) is 0 Å². The topological polar surface area (TPSA) is 75.7 Å². The van der Waals surface area contributed by atoms with Crippen molar-refractivity contribution >= 4 is 23.2 Å². The Balaban J connectivity index is 1.07. The summed E-state index contributed by atoms with van der Waals surface area (Å²) in [5.74, 6) is 0.897. The summed E-state index contributed by atoms with van der Waals surface area (Å²) < 4.78 is 3.70. The largest absolute Gasteiger partial charge is 0.340 e. The van der Waals surface area contributed by atoms with Crippen LogP contribution in [0.5, 0.6) is 0 Å². The lowest BCUT2D eigenvalue weighted by Crippen LogP contribution is -2.48. The maximum Gasteiger partial charge on any atom is 0.257 e. The summed E-state index contributed by atoms with van der Waals surface area (Å²) in [6.07, 6.45) is 5.08. The first kappa shape index (κ1) is 20.0. The molecule has 0 spiro atoms. The predicted octanol–water partition coefficient (Wildman–Crippen LogP) is 1.76. The highest BCUT2D eigenvalue weighted by Crippen LogP contribution is 2.34. The van der Waals surface area contributed by atoms with Crippen LogP contribution in [0.1, 0.15) is 35.8 Å². The fourth-order valence-corrected chi connectivity index (χ4v) is 6.24. The summed E-state index contributed by atoms with van der Waals surface area (Å²) in [5.41, 5.74) is 4.08. The summed E-state index contributed by atoms with van der Waals surface area (Å²) in [4.78, 5) is 35.0. The van der Waals surface area contributed by atoms with E-state index in [2.05, 4.69) is 22.1 Å². The number of amides is 1. The molecule has 1 unspecified atom stereocenters. The van der Waals surface area contributed by atoms with Gasteiger partial charge in [-0.1, -0.05) is 17.8 Å². The SMILES string of the molecule is O=C(CC1CSc2nc3c(c(=O)n21)CCC3)N1CCN(Cc2cc3ccccn3n2)CC1. The standard InChI is InChI=1S/C23H26N6O2S/c30-21(13-18-15-32-23-24-20-6-3-5-19(20)22(31)29(18)23)27-10-8-26(9-11-27)14-16-12-17-4-1-2-7-28(17)25-16/h1-2,4,7,12,18H,3,5-6,8-11,13-15H2. The van der Waals surface area contributed by atoms with Crippen molar-refractivity contribution < 1.29 is 4.79 Å². The van der Waals surface area contributed by atoms with Crippen molar-refractivity contribution in [2.24, 2.45) is 0 Å². The summed E-state index contributed by atoms with van der Waals surface area (Å²) in [5, 5.41) is 5.43. The molecule has 3 aromatic rings. The van der Waals surface area contributed by atoms with Crippen LogP contribution in [-0.2, 0) is 24.2 Å². The van der Waals surface area contributed by atoms with Crippen LogP contribution in [0.15, 0.2) is 40.4 Å². The third-order valence-corrected chi connectivity index (χ3v) is 7.91. The number of aryl methyl sites for hydroxylation is 1. The maximum atomic E-state index is 13.0. The number of nitrogens with zero attached hydrogens (tertiary/aromatic N) is 6. The van der Waals surface area contributed by atoms with Crippen LogP contribution in [-0.4, -0.2) is 66.8 Å². The highest BCUT2D eigenvalue weighted by Gasteiger charge is 2.32. The predicted molar refractivity (Wildman–Crippen MR) is 122 cm³/mol. The van der Waals surface area contributed by atoms with Gasteiger partial charge < -0.3 is 4.90 Å². The van der Waals surface area contributed by atoms with Gasteiger partial charge in [0, 0.05) is 56.7 Å². The first-order chi connectivity index (χ1) is 15.7. The molecule has 1 saturated heterocycles. The van der Waals surface area contributed by atoms with E-state index >= 15 is 0 Å². The van der Waals surface area contributed by atoms with E-state index in [1.807, 2.05) is 27.7 Å². The molecule has 3 aromatic heterocycles. The average molecular weight is 451 g/mol. The molecule has 8 nitrogen and oxygen atoms in total. The van der Waals surface area contributed by atoms with E-state index in [9.17, 15) is 9.59 Å². The smallest absolute Gasteiger partial charge is 0.257 e. The van der Waals surface area contributed by atoms with E-state index in [4.69, 9.17) is 4.98 Å². The van der Waals surface area contributed by atoms with Crippen molar-refractivity contribution in [2.75, 3.05) is 31.9 Å². The molecule has 9 heteroatoms. The van der Waals surface area contributed by atoms with Gasteiger partial charge in [-0.2, -0.15) is 5.10 Å². The summed E-state index contributed by atoms with van der Waals surface area (Å²) >= 11 is 1.61. The van der Waals surface area contributed by atoms with E-state index in [1.165, 1.54) is 0 Å². The van der Waals surface area contributed by atoms with E-state index in [-0.39, 0.29) is 17.5 Å². The third-order valence-electron chi connectivity index (χ3n) is 6.81. The molecule has 3 aliphatic rings. The van der Waals surface area contributed by atoms with Gasteiger partial charge in [0.1, 0.15) is 0 Å². The number of carbonyl (C=O) groups is 1. The molecular formula is C23H26N6O2S. The van der Waals surface area contributed by atoms with E-state index in [0.29, 0.717) is 6.42 Å². The normalized spacial score (nSPS) is 20.6. The molecule has 1 fully saturated rings. The van der Waals surface area contributed by atoms with Crippen molar-refractivity contribution in [3.05, 3.63) is 57.8 Å². The van der Waals surface area contributed by atoms with E-state index in [0.717, 1.165) is 85.4 Å². The van der Waals surface area contributed by atoms with Crippen molar-refractivity contribution in [2.45, 2.75) is 43.4 Å². The monoisotopic (exact) mass is 450 g/mol. The van der Waals surface area contributed by atoms with Crippen LogP contribution in [0, 0.1) is 0 Å². The number of hydrogen-bond donors (Lipinski definition) is 0. The van der Waals surface area contributed by atoms with Gasteiger partial charge in [0.25, 0.3) is 5.56 Å². The average Bonchev–Trinajstić information content (AvgIpc) is 3.52. The maximum absolute atomic E-state index is 13.0. The summed E-state index contributed by atoms with van der Waals surface area (Å²) in [6, 6.07) is 8.10. The van der Waals surface area contributed by atoms with Gasteiger partial charge in [0.05, 0.1) is 22.9 Å². The molecule has 166 valence electrons. The number of hydrogen-bond acceptors (Lipinski definition) is 6. The second kappa shape index (κ2) is 8.04. The number of fused-ring (bicyclic) bond motifs is 3. The fraction of sp³-hybridized carbons (Fsp3) is 0.478. The Morgan fingerprint density at radius 1 is 1.16 bits per heavy atom. The molecule has 0 bridgehead atoms. The van der Waals surface area contributed by atoms with Gasteiger partial charge in [0.2, 0.25) is 5.91 Å².